The molecular formula is C18H39N3O. The molecule has 2 fully saturated rings. The van der Waals surface area contributed by atoms with E-state index in [1.807, 2.05) is 4.90 Å². The smallest absolute Gasteiger partial charge is 0.317 e. The molecule has 2 heterocycles. The highest BCUT2D eigenvalue weighted by atomic mass is 16.2. The van der Waals surface area contributed by atoms with E-state index in [-0.39, 0.29) is 13.5 Å². The number of carbonyl (C=O) groups is 1. The molecule has 132 valence electrons. The van der Waals surface area contributed by atoms with Crippen LogP contribution >= 0.6 is 0 Å². The Kier molecular flexibility index (Phi) is 11.3. The Morgan fingerprint density at radius 3 is 2.18 bits per heavy atom. The van der Waals surface area contributed by atoms with E-state index >= 15 is 0 Å². The van der Waals surface area contributed by atoms with Crippen LogP contribution in [0.25, 0.3) is 0 Å². The summed E-state index contributed by atoms with van der Waals surface area (Å²) in [6.45, 7) is 14.1. The number of nitrogens with one attached hydrogen (secondary N) is 2. The third-order valence-electron chi connectivity index (χ3n) is 4.18. The van der Waals surface area contributed by atoms with E-state index in [0.717, 1.165) is 37.9 Å². The summed E-state index contributed by atoms with van der Waals surface area (Å²) in [5, 5.41) is 6.17. The van der Waals surface area contributed by atoms with Gasteiger partial charge in [-0.2, -0.15) is 0 Å². The highest BCUT2D eigenvalue weighted by Crippen LogP contribution is 2.20. The van der Waals surface area contributed by atoms with Gasteiger partial charge in [0.25, 0.3) is 0 Å². The maximum absolute atomic E-state index is 11.0. The van der Waals surface area contributed by atoms with Gasteiger partial charge in [-0.3, -0.25) is 0 Å². The zero-order chi connectivity index (χ0) is 15.7. The number of urea groups is 1. The average molecular weight is 314 g/mol. The maximum atomic E-state index is 11.0. The lowest BCUT2D eigenvalue weighted by Gasteiger charge is -2.23. The molecule has 0 bridgehead atoms. The van der Waals surface area contributed by atoms with Gasteiger partial charge in [-0.1, -0.05) is 35.1 Å². The predicted molar refractivity (Wildman–Crippen MR) is 96.2 cm³/mol. The molecule has 2 rings (SSSR count). The van der Waals surface area contributed by atoms with Crippen LogP contribution in [0.2, 0.25) is 0 Å². The third-order valence-corrected chi connectivity index (χ3v) is 4.18. The third kappa shape index (κ3) is 9.29. The van der Waals surface area contributed by atoms with Crippen molar-refractivity contribution >= 4 is 6.03 Å². The van der Waals surface area contributed by atoms with Gasteiger partial charge in [-0.05, 0) is 56.5 Å². The lowest BCUT2D eigenvalue weighted by atomic mass is 9.89. The number of piperidine rings is 1. The monoisotopic (exact) mass is 313 g/mol. The van der Waals surface area contributed by atoms with Gasteiger partial charge in [0.1, 0.15) is 0 Å². The molecule has 22 heavy (non-hydrogen) atoms. The molecule has 2 amide bonds. The molecule has 4 nitrogen and oxygen atoms in total. The second-order valence-electron chi connectivity index (χ2n) is 7.22. The Morgan fingerprint density at radius 1 is 1.09 bits per heavy atom. The number of hydrogen-bond acceptors (Lipinski definition) is 2. The molecule has 2 aliphatic rings. The fourth-order valence-corrected chi connectivity index (χ4v) is 2.92. The van der Waals surface area contributed by atoms with Crippen molar-refractivity contribution in [3.05, 3.63) is 0 Å². The van der Waals surface area contributed by atoms with Gasteiger partial charge in [0.2, 0.25) is 0 Å². The number of amides is 2. The molecular weight excluding hydrogens is 274 g/mol. The van der Waals surface area contributed by atoms with E-state index in [2.05, 4.69) is 38.3 Å². The summed E-state index contributed by atoms with van der Waals surface area (Å²) in [6.07, 6.45) is 5.34. The quantitative estimate of drug-likeness (QED) is 0.812. The van der Waals surface area contributed by atoms with Crippen LogP contribution in [0.3, 0.4) is 0 Å². The number of nitrogens with zero attached hydrogens (tertiary/aromatic N) is 1. The summed E-state index contributed by atoms with van der Waals surface area (Å²) < 4.78 is 0. The van der Waals surface area contributed by atoms with Crippen molar-refractivity contribution < 1.29 is 4.79 Å². The largest absolute Gasteiger partial charge is 0.336 e. The fraction of sp³-hybridized carbons (Fsp3) is 0.944. The summed E-state index contributed by atoms with van der Waals surface area (Å²) in [6, 6.07) is 0.102. The fourth-order valence-electron chi connectivity index (χ4n) is 2.92. The van der Waals surface area contributed by atoms with Crippen LogP contribution in [0.4, 0.5) is 4.79 Å². The summed E-state index contributed by atoms with van der Waals surface area (Å²) in [5.74, 6) is 2.59. The van der Waals surface area contributed by atoms with Gasteiger partial charge in [-0.25, -0.2) is 4.79 Å². The second-order valence-corrected chi connectivity index (χ2v) is 7.22. The Hall–Kier alpha value is -0.770. The second kappa shape index (κ2) is 11.8. The topological polar surface area (TPSA) is 44.4 Å². The van der Waals surface area contributed by atoms with Gasteiger partial charge in [-0.15, -0.1) is 0 Å². The molecule has 2 N–H and O–H groups in total. The first-order valence-electron chi connectivity index (χ1n) is 8.72. The van der Waals surface area contributed by atoms with E-state index in [0.29, 0.717) is 5.92 Å². The highest BCUT2D eigenvalue weighted by Gasteiger charge is 2.18. The predicted octanol–water partition coefficient (Wildman–Crippen LogP) is 3.73. The first kappa shape index (κ1) is 21.2. The Morgan fingerprint density at radius 2 is 1.73 bits per heavy atom. The van der Waals surface area contributed by atoms with Crippen molar-refractivity contribution in [2.75, 3.05) is 32.7 Å². The van der Waals surface area contributed by atoms with Crippen LogP contribution in [0.5, 0.6) is 0 Å². The van der Waals surface area contributed by atoms with Crippen molar-refractivity contribution in [2.45, 2.75) is 60.8 Å². The standard InChI is InChI=1S/C9H19N.C8H16N2O.CH4/c1-8(2)7-9-3-5-10-6-4-9;1-7(2)3-5-10-6-4-9-8(10)11;/h8-10H,3-7H2,1-2H3;7H,3-6H2,1-2H3,(H,9,11);1H4. The Balaban J connectivity index is 0.000000385. The molecule has 0 aromatic heterocycles. The van der Waals surface area contributed by atoms with Crippen molar-refractivity contribution in [2.24, 2.45) is 17.8 Å². The molecule has 0 aromatic rings. The van der Waals surface area contributed by atoms with E-state index in [1.165, 1.54) is 32.4 Å². The molecule has 0 radical (unpaired) electrons. The molecule has 0 saturated carbocycles. The first-order valence-corrected chi connectivity index (χ1v) is 8.72. The van der Waals surface area contributed by atoms with Crippen molar-refractivity contribution in [1.29, 1.82) is 0 Å². The van der Waals surface area contributed by atoms with Crippen molar-refractivity contribution in [3.8, 4) is 0 Å². The van der Waals surface area contributed by atoms with Crippen molar-refractivity contribution in [3.63, 3.8) is 0 Å². The van der Waals surface area contributed by atoms with Gasteiger partial charge in [0, 0.05) is 19.6 Å². The summed E-state index contributed by atoms with van der Waals surface area (Å²) in [5.41, 5.74) is 0. The molecule has 2 aliphatic heterocycles. The average Bonchev–Trinajstić information content (AvgIpc) is 2.83. The molecule has 0 unspecified atom stereocenters. The van der Waals surface area contributed by atoms with E-state index in [9.17, 15) is 4.79 Å². The lowest BCUT2D eigenvalue weighted by Crippen LogP contribution is -2.29. The van der Waals surface area contributed by atoms with Crippen LogP contribution in [-0.2, 0) is 0 Å². The maximum Gasteiger partial charge on any atom is 0.317 e. The Labute approximate surface area is 138 Å². The van der Waals surface area contributed by atoms with Crippen LogP contribution in [0.15, 0.2) is 0 Å². The van der Waals surface area contributed by atoms with E-state index in [4.69, 9.17) is 0 Å². The van der Waals surface area contributed by atoms with E-state index < -0.39 is 0 Å². The minimum atomic E-state index is 0. The minimum absolute atomic E-state index is 0. The molecule has 2 saturated heterocycles. The SMILES string of the molecule is C.CC(C)CC1CCNCC1.CC(C)CCN1CCNC1=O. The molecule has 0 atom stereocenters. The van der Waals surface area contributed by atoms with Gasteiger partial charge < -0.3 is 15.5 Å². The normalized spacial score (nSPS) is 18.8. The molecule has 0 aliphatic carbocycles. The Bertz CT molecular complexity index is 286. The van der Waals surface area contributed by atoms with Gasteiger partial charge in [0.15, 0.2) is 0 Å². The molecule has 4 heteroatoms. The molecule has 0 aromatic carbocycles. The molecule has 0 spiro atoms. The summed E-state index contributed by atoms with van der Waals surface area (Å²) in [4.78, 5) is 12.9. The van der Waals surface area contributed by atoms with Crippen LogP contribution in [0, 0.1) is 17.8 Å². The first-order chi connectivity index (χ1) is 9.99. The zero-order valence-corrected chi connectivity index (χ0v) is 14.5. The van der Waals surface area contributed by atoms with Crippen LogP contribution in [-0.4, -0.2) is 43.7 Å². The van der Waals surface area contributed by atoms with Crippen LogP contribution in [0.1, 0.15) is 60.8 Å². The highest BCUT2D eigenvalue weighted by molar-refractivity contribution is 5.76. The number of rotatable bonds is 5. The summed E-state index contributed by atoms with van der Waals surface area (Å²) >= 11 is 0. The minimum Gasteiger partial charge on any atom is -0.336 e. The zero-order valence-electron chi connectivity index (χ0n) is 14.5. The summed E-state index contributed by atoms with van der Waals surface area (Å²) in [7, 11) is 0. The van der Waals surface area contributed by atoms with E-state index in [1.54, 1.807) is 0 Å². The van der Waals surface area contributed by atoms with Gasteiger partial charge in [0.05, 0.1) is 0 Å². The number of carbonyl (C=O) groups excluding carboxylic acids is 1. The lowest BCUT2D eigenvalue weighted by molar-refractivity contribution is 0.215. The van der Waals surface area contributed by atoms with Crippen LogP contribution < -0.4 is 10.6 Å². The number of hydrogen-bond donors (Lipinski definition) is 2. The van der Waals surface area contributed by atoms with Crippen molar-refractivity contribution in [1.82, 2.24) is 15.5 Å². The van der Waals surface area contributed by atoms with Gasteiger partial charge >= 0.3 is 6.03 Å².